The quantitative estimate of drug-likeness (QED) is 0.397. The smallest absolute Gasteiger partial charge is 0.191 e. The molecular weight excluding hydrogens is 288 g/mol. The van der Waals surface area contributed by atoms with Crippen LogP contribution in [0.25, 0.3) is 0 Å². The topological polar surface area (TPSA) is 59.9 Å². The van der Waals surface area contributed by atoms with E-state index in [1.807, 2.05) is 0 Å². The molecule has 1 saturated heterocycles. The van der Waals surface area contributed by atoms with Crippen molar-refractivity contribution in [3.8, 4) is 0 Å². The van der Waals surface area contributed by atoms with Gasteiger partial charge in [0.15, 0.2) is 5.96 Å². The molecule has 2 rings (SSSR count). The molecule has 3 N–H and O–H groups in total. The molecule has 134 valence electrons. The highest BCUT2D eigenvalue weighted by Crippen LogP contribution is 2.18. The van der Waals surface area contributed by atoms with Gasteiger partial charge in [0.2, 0.25) is 0 Å². The molecule has 0 amide bonds. The van der Waals surface area contributed by atoms with Gasteiger partial charge in [0.05, 0.1) is 6.10 Å². The molecule has 5 nitrogen and oxygen atoms in total. The molecule has 0 spiro atoms. The monoisotopic (exact) mass is 324 g/mol. The average Bonchev–Trinajstić information content (AvgIpc) is 2.55. The van der Waals surface area contributed by atoms with Crippen molar-refractivity contribution in [3.05, 3.63) is 0 Å². The van der Waals surface area contributed by atoms with Gasteiger partial charge in [-0.3, -0.25) is 4.99 Å². The molecule has 0 aromatic heterocycles. The standard InChI is InChI=1S/C18H36N4O/c1-3-19-18(21-16-5-7-17(23)8-6-16)20-11-4-12-22-13-9-15(2)10-14-22/h15-17,23H,3-14H2,1-2H3,(H2,19,20,21). The van der Waals surface area contributed by atoms with Gasteiger partial charge >= 0.3 is 0 Å². The van der Waals surface area contributed by atoms with Gasteiger partial charge in [-0.15, -0.1) is 0 Å². The van der Waals surface area contributed by atoms with Gasteiger partial charge in [0.1, 0.15) is 0 Å². The molecule has 0 radical (unpaired) electrons. The highest BCUT2D eigenvalue weighted by Gasteiger charge is 2.20. The normalized spacial score (nSPS) is 27.9. The summed E-state index contributed by atoms with van der Waals surface area (Å²) in [6, 6.07) is 0.458. The molecule has 2 fully saturated rings. The lowest BCUT2D eigenvalue weighted by molar-refractivity contribution is 0.120. The molecule has 1 aliphatic carbocycles. The number of guanidine groups is 1. The summed E-state index contributed by atoms with van der Waals surface area (Å²) in [5.41, 5.74) is 0. The summed E-state index contributed by atoms with van der Waals surface area (Å²) in [5.74, 6) is 1.85. The Hall–Kier alpha value is -0.810. The molecule has 0 bridgehead atoms. The fraction of sp³-hybridized carbons (Fsp3) is 0.944. The number of piperidine rings is 1. The Morgan fingerprint density at radius 1 is 1.13 bits per heavy atom. The van der Waals surface area contributed by atoms with Gasteiger partial charge in [-0.1, -0.05) is 6.92 Å². The van der Waals surface area contributed by atoms with Crippen molar-refractivity contribution in [1.29, 1.82) is 0 Å². The van der Waals surface area contributed by atoms with E-state index in [2.05, 4.69) is 29.4 Å². The van der Waals surface area contributed by atoms with Crippen molar-refractivity contribution in [2.75, 3.05) is 32.7 Å². The third-order valence-electron chi connectivity index (χ3n) is 5.16. The Bertz CT molecular complexity index is 345. The zero-order valence-corrected chi connectivity index (χ0v) is 15.1. The van der Waals surface area contributed by atoms with E-state index in [9.17, 15) is 5.11 Å². The first kappa shape index (κ1) is 18.5. The van der Waals surface area contributed by atoms with Crippen LogP contribution in [0.5, 0.6) is 0 Å². The predicted molar refractivity (Wildman–Crippen MR) is 96.8 cm³/mol. The summed E-state index contributed by atoms with van der Waals surface area (Å²) >= 11 is 0. The number of nitrogens with one attached hydrogen (secondary N) is 2. The lowest BCUT2D eigenvalue weighted by Crippen LogP contribution is -2.45. The van der Waals surface area contributed by atoms with Gasteiger partial charge in [-0.05, 0) is 77.4 Å². The van der Waals surface area contributed by atoms with E-state index < -0.39 is 0 Å². The van der Waals surface area contributed by atoms with Crippen molar-refractivity contribution in [3.63, 3.8) is 0 Å². The summed E-state index contributed by atoms with van der Waals surface area (Å²) in [4.78, 5) is 7.31. The first-order valence-corrected chi connectivity index (χ1v) is 9.62. The largest absolute Gasteiger partial charge is 0.393 e. The van der Waals surface area contributed by atoms with Crippen LogP contribution in [-0.4, -0.2) is 60.8 Å². The summed E-state index contributed by atoms with van der Waals surface area (Å²) in [6.07, 6.45) is 7.63. The number of aliphatic imine (C=N–C) groups is 1. The second-order valence-corrected chi connectivity index (χ2v) is 7.29. The fourth-order valence-corrected chi connectivity index (χ4v) is 3.50. The lowest BCUT2D eigenvalue weighted by atomic mass is 9.93. The van der Waals surface area contributed by atoms with Crippen LogP contribution in [0.4, 0.5) is 0 Å². The summed E-state index contributed by atoms with van der Waals surface area (Å²) in [7, 11) is 0. The van der Waals surface area contributed by atoms with E-state index in [0.29, 0.717) is 6.04 Å². The maximum atomic E-state index is 9.60. The maximum Gasteiger partial charge on any atom is 0.191 e. The molecule has 23 heavy (non-hydrogen) atoms. The highest BCUT2D eigenvalue weighted by molar-refractivity contribution is 5.80. The highest BCUT2D eigenvalue weighted by atomic mass is 16.3. The van der Waals surface area contributed by atoms with Crippen molar-refractivity contribution in [2.45, 2.75) is 70.9 Å². The van der Waals surface area contributed by atoms with Gasteiger partial charge in [-0.25, -0.2) is 0 Å². The third-order valence-corrected chi connectivity index (χ3v) is 5.16. The van der Waals surface area contributed by atoms with E-state index in [-0.39, 0.29) is 6.10 Å². The Kier molecular flexibility index (Phi) is 8.17. The van der Waals surface area contributed by atoms with Crippen LogP contribution in [0.3, 0.4) is 0 Å². The Balaban J connectivity index is 1.66. The zero-order valence-electron chi connectivity index (χ0n) is 15.1. The summed E-state index contributed by atoms with van der Waals surface area (Å²) in [6.45, 7) is 9.94. The number of hydrogen-bond acceptors (Lipinski definition) is 3. The molecule has 0 unspecified atom stereocenters. The molecule has 2 aliphatic rings. The molecule has 1 saturated carbocycles. The van der Waals surface area contributed by atoms with Crippen molar-refractivity contribution < 1.29 is 5.11 Å². The van der Waals surface area contributed by atoms with Gasteiger partial charge in [0, 0.05) is 19.1 Å². The Morgan fingerprint density at radius 2 is 1.83 bits per heavy atom. The SMILES string of the molecule is CCNC(=NCCCN1CCC(C)CC1)NC1CCC(O)CC1. The van der Waals surface area contributed by atoms with E-state index in [0.717, 1.165) is 57.1 Å². The van der Waals surface area contributed by atoms with Crippen LogP contribution >= 0.6 is 0 Å². The fourth-order valence-electron chi connectivity index (χ4n) is 3.50. The molecule has 0 aromatic rings. The van der Waals surface area contributed by atoms with Crippen LogP contribution in [0.1, 0.15) is 58.8 Å². The minimum Gasteiger partial charge on any atom is -0.393 e. The van der Waals surface area contributed by atoms with Crippen molar-refractivity contribution in [1.82, 2.24) is 15.5 Å². The predicted octanol–water partition coefficient (Wildman–Crippen LogP) is 1.97. The first-order valence-electron chi connectivity index (χ1n) is 9.62. The minimum atomic E-state index is -0.0974. The number of aliphatic hydroxyl groups is 1. The molecule has 5 heteroatoms. The number of likely N-dealkylation sites (tertiary alicyclic amines) is 1. The molecule has 1 heterocycles. The minimum absolute atomic E-state index is 0.0974. The van der Waals surface area contributed by atoms with Crippen molar-refractivity contribution >= 4 is 5.96 Å². The number of rotatable bonds is 6. The van der Waals surface area contributed by atoms with Gasteiger partial charge < -0.3 is 20.6 Å². The average molecular weight is 325 g/mol. The molecule has 0 atom stereocenters. The number of hydrogen-bond donors (Lipinski definition) is 3. The van der Waals surface area contributed by atoms with Crippen LogP contribution in [-0.2, 0) is 0 Å². The van der Waals surface area contributed by atoms with Crippen LogP contribution in [0, 0.1) is 5.92 Å². The van der Waals surface area contributed by atoms with Crippen LogP contribution < -0.4 is 10.6 Å². The van der Waals surface area contributed by atoms with Crippen molar-refractivity contribution in [2.24, 2.45) is 10.9 Å². The molecule has 0 aromatic carbocycles. The van der Waals surface area contributed by atoms with Crippen LogP contribution in [0.15, 0.2) is 4.99 Å². The Labute approximate surface area is 141 Å². The first-order chi connectivity index (χ1) is 11.2. The maximum absolute atomic E-state index is 9.60. The number of nitrogens with zero attached hydrogens (tertiary/aromatic N) is 2. The molecule has 1 aliphatic heterocycles. The molecular formula is C18H36N4O. The lowest BCUT2D eigenvalue weighted by Gasteiger charge is -2.30. The van der Waals surface area contributed by atoms with Crippen LogP contribution in [0.2, 0.25) is 0 Å². The second kappa shape index (κ2) is 10.1. The summed E-state index contributed by atoms with van der Waals surface area (Å²) in [5, 5.41) is 16.5. The van der Waals surface area contributed by atoms with E-state index in [4.69, 9.17) is 4.99 Å². The number of aliphatic hydroxyl groups excluding tert-OH is 1. The van der Waals surface area contributed by atoms with E-state index >= 15 is 0 Å². The third kappa shape index (κ3) is 7.08. The van der Waals surface area contributed by atoms with E-state index in [1.165, 1.54) is 32.5 Å². The van der Waals surface area contributed by atoms with Gasteiger partial charge in [0.25, 0.3) is 0 Å². The zero-order chi connectivity index (χ0) is 16.5. The van der Waals surface area contributed by atoms with Gasteiger partial charge in [-0.2, -0.15) is 0 Å². The Morgan fingerprint density at radius 3 is 2.48 bits per heavy atom. The second-order valence-electron chi connectivity index (χ2n) is 7.29. The van der Waals surface area contributed by atoms with E-state index in [1.54, 1.807) is 0 Å². The summed E-state index contributed by atoms with van der Waals surface area (Å²) < 4.78 is 0.